The van der Waals surface area contributed by atoms with Gasteiger partial charge in [0.2, 0.25) is 11.7 Å². The lowest BCUT2D eigenvalue weighted by atomic mass is 10.1. The van der Waals surface area contributed by atoms with Gasteiger partial charge in [0, 0.05) is 12.1 Å². The molecule has 0 aliphatic carbocycles. The van der Waals surface area contributed by atoms with Crippen LogP contribution in [0.3, 0.4) is 0 Å². The third kappa shape index (κ3) is 4.03. The Kier molecular flexibility index (Phi) is 5.91. The lowest BCUT2D eigenvalue weighted by Crippen LogP contribution is -2.49. The highest BCUT2D eigenvalue weighted by Gasteiger charge is 2.35. The van der Waals surface area contributed by atoms with Crippen LogP contribution in [0.1, 0.15) is 41.9 Å². The van der Waals surface area contributed by atoms with Gasteiger partial charge in [0.05, 0.1) is 10.6 Å². The number of hydrogen-bond acceptors (Lipinski definition) is 5. The summed E-state index contributed by atoms with van der Waals surface area (Å²) in [6.45, 7) is 4.28. The fourth-order valence-corrected chi connectivity index (χ4v) is 3.59. The van der Waals surface area contributed by atoms with Gasteiger partial charge in [-0.25, -0.2) is 0 Å². The Morgan fingerprint density at radius 2 is 2.07 bits per heavy atom. The number of rotatable bonds is 7. The average molecular weight is 386 g/mol. The van der Waals surface area contributed by atoms with Crippen LogP contribution in [0.5, 0.6) is 5.75 Å². The molecule has 0 fully saturated rings. The molecule has 0 unspecified atom stereocenters. The molecule has 2 heterocycles. The van der Waals surface area contributed by atoms with Crippen LogP contribution in [0.2, 0.25) is 0 Å². The second-order valence-corrected chi connectivity index (χ2v) is 7.23. The number of nitrogens with zero attached hydrogens (tertiary/aromatic N) is 1. The van der Waals surface area contributed by atoms with Crippen molar-refractivity contribution < 1.29 is 19.1 Å². The zero-order chi connectivity index (χ0) is 19.4. The maximum atomic E-state index is 12.8. The minimum atomic E-state index is -0.629. The van der Waals surface area contributed by atoms with E-state index in [1.807, 2.05) is 25.3 Å². The Balaban J connectivity index is 1.94. The molecule has 1 aromatic heterocycles. The number of amides is 2. The van der Waals surface area contributed by atoms with Gasteiger partial charge in [0.15, 0.2) is 6.10 Å². The summed E-state index contributed by atoms with van der Waals surface area (Å²) in [7, 11) is 0. The Bertz CT molecular complexity index is 848. The van der Waals surface area contributed by atoms with Crippen LogP contribution < -0.4 is 15.0 Å². The first-order valence-corrected chi connectivity index (χ1v) is 9.90. The molecule has 1 aliphatic heterocycles. The topological polar surface area (TPSA) is 75.7 Å². The van der Waals surface area contributed by atoms with Crippen molar-refractivity contribution in [2.75, 3.05) is 18.0 Å². The number of hydrogen-bond donors (Lipinski definition) is 1. The average Bonchev–Trinajstić information content (AvgIpc) is 3.22. The first-order valence-electron chi connectivity index (χ1n) is 9.02. The van der Waals surface area contributed by atoms with Crippen molar-refractivity contribution in [3.8, 4) is 5.75 Å². The quantitative estimate of drug-likeness (QED) is 0.742. The Labute approximate surface area is 162 Å². The number of fused-ring (bicyclic) bond motifs is 1. The summed E-state index contributed by atoms with van der Waals surface area (Å²) in [5.74, 6) is -0.110. The molecule has 142 valence electrons. The van der Waals surface area contributed by atoms with Gasteiger partial charge < -0.3 is 10.1 Å². The largest absolute Gasteiger partial charge is 0.478 e. The fourth-order valence-electron chi connectivity index (χ4n) is 2.90. The maximum Gasteiger partial charge on any atom is 0.268 e. The van der Waals surface area contributed by atoms with Crippen molar-refractivity contribution in [2.24, 2.45) is 0 Å². The van der Waals surface area contributed by atoms with Crippen LogP contribution in [0.4, 0.5) is 5.69 Å². The van der Waals surface area contributed by atoms with Gasteiger partial charge in [-0.2, -0.15) is 0 Å². The number of ketones is 1. The molecule has 0 radical (unpaired) electrons. The van der Waals surface area contributed by atoms with Crippen molar-refractivity contribution in [3.05, 3.63) is 46.2 Å². The van der Waals surface area contributed by atoms with Crippen LogP contribution in [0, 0.1) is 0 Å². The molecular formula is C20H22N2O4S. The van der Waals surface area contributed by atoms with E-state index in [0.29, 0.717) is 34.8 Å². The summed E-state index contributed by atoms with van der Waals surface area (Å²) < 4.78 is 5.78. The Hall–Kier alpha value is -2.67. The summed E-state index contributed by atoms with van der Waals surface area (Å²) in [4.78, 5) is 39.7. The van der Waals surface area contributed by atoms with E-state index in [2.05, 4.69) is 5.32 Å². The predicted molar refractivity (Wildman–Crippen MR) is 105 cm³/mol. The van der Waals surface area contributed by atoms with Crippen molar-refractivity contribution in [3.63, 3.8) is 0 Å². The highest BCUT2D eigenvalue weighted by molar-refractivity contribution is 7.12. The minimum absolute atomic E-state index is 0.0949. The molecule has 2 aromatic rings. The normalized spacial score (nSPS) is 15.9. The second-order valence-electron chi connectivity index (χ2n) is 6.28. The lowest BCUT2D eigenvalue weighted by Gasteiger charge is -2.34. The fraction of sp³-hybridized carbons (Fsp3) is 0.350. The molecule has 1 atom stereocenters. The molecule has 1 N–H and O–H groups in total. The number of ether oxygens (including phenoxy) is 1. The zero-order valence-electron chi connectivity index (χ0n) is 15.4. The van der Waals surface area contributed by atoms with Gasteiger partial charge in [-0.05, 0) is 42.5 Å². The number of carbonyl (C=O) groups is 3. The highest BCUT2D eigenvalue weighted by Crippen LogP contribution is 2.36. The van der Waals surface area contributed by atoms with E-state index in [4.69, 9.17) is 4.74 Å². The molecule has 0 saturated carbocycles. The summed E-state index contributed by atoms with van der Waals surface area (Å²) >= 11 is 1.36. The zero-order valence-corrected chi connectivity index (χ0v) is 16.2. The molecule has 1 aliphatic rings. The van der Waals surface area contributed by atoms with Gasteiger partial charge >= 0.3 is 0 Å². The minimum Gasteiger partial charge on any atom is -0.478 e. The molecule has 0 spiro atoms. The summed E-state index contributed by atoms with van der Waals surface area (Å²) in [5.41, 5.74) is 0.917. The van der Waals surface area contributed by atoms with Gasteiger partial charge in [-0.15, -0.1) is 11.3 Å². The maximum absolute atomic E-state index is 12.8. The smallest absolute Gasteiger partial charge is 0.268 e. The lowest BCUT2D eigenvalue weighted by molar-refractivity contribution is -0.129. The first kappa shape index (κ1) is 19.1. The van der Waals surface area contributed by atoms with Crippen molar-refractivity contribution in [1.82, 2.24) is 5.32 Å². The van der Waals surface area contributed by atoms with Crippen LogP contribution in [0.15, 0.2) is 35.7 Å². The van der Waals surface area contributed by atoms with E-state index < -0.39 is 6.10 Å². The molecule has 0 bridgehead atoms. The van der Waals surface area contributed by atoms with Crippen LogP contribution in [-0.4, -0.2) is 36.8 Å². The van der Waals surface area contributed by atoms with Crippen molar-refractivity contribution in [1.29, 1.82) is 0 Å². The van der Waals surface area contributed by atoms with E-state index in [1.54, 1.807) is 24.3 Å². The van der Waals surface area contributed by atoms with Crippen molar-refractivity contribution >= 4 is 34.6 Å². The Morgan fingerprint density at radius 3 is 2.74 bits per heavy atom. The molecule has 2 amide bonds. The van der Waals surface area contributed by atoms with Gasteiger partial charge in [-0.3, -0.25) is 19.3 Å². The van der Waals surface area contributed by atoms with Gasteiger partial charge in [0.25, 0.3) is 5.91 Å². The van der Waals surface area contributed by atoms with E-state index in [1.165, 1.54) is 16.2 Å². The molecule has 0 saturated heterocycles. The predicted octanol–water partition coefficient (Wildman–Crippen LogP) is 3.01. The van der Waals surface area contributed by atoms with E-state index in [-0.39, 0.29) is 24.1 Å². The Morgan fingerprint density at radius 1 is 1.26 bits per heavy atom. The molecule has 3 rings (SSSR count). The number of nitrogens with one attached hydrogen (secondary N) is 1. The molecular weight excluding hydrogens is 364 g/mol. The monoisotopic (exact) mass is 386 g/mol. The van der Waals surface area contributed by atoms with Crippen molar-refractivity contribution in [2.45, 2.75) is 32.8 Å². The standard InChI is InChI=1S/C20H22N2O4S/c1-3-9-21-18(23)12-22-14-11-13(19(24)17-6-5-10-27-17)7-8-16(14)26-15(4-2)20(22)25/h5-8,10-11,15H,3-4,9,12H2,1-2H3,(H,21,23)/t15-/m0/s1. The summed E-state index contributed by atoms with van der Waals surface area (Å²) in [6, 6.07) is 8.60. The summed E-state index contributed by atoms with van der Waals surface area (Å²) in [6.07, 6.45) is 0.688. The van der Waals surface area contributed by atoms with Gasteiger partial charge in [0.1, 0.15) is 12.3 Å². The molecule has 7 heteroatoms. The first-order chi connectivity index (χ1) is 13.0. The van der Waals surface area contributed by atoms with Crippen LogP contribution >= 0.6 is 11.3 Å². The highest BCUT2D eigenvalue weighted by atomic mass is 32.1. The number of benzene rings is 1. The summed E-state index contributed by atoms with van der Waals surface area (Å²) in [5, 5.41) is 4.63. The van der Waals surface area contributed by atoms with Crippen LogP contribution in [-0.2, 0) is 9.59 Å². The van der Waals surface area contributed by atoms with Gasteiger partial charge in [-0.1, -0.05) is 19.9 Å². The number of anilines is 1. The van der Waals surface area contributed by atoms with E-state index >= 15 is 0 Å². The molecule has 27 heavy (non-hydrogen) atoms. The third-order valence-electron chi connectivity index (χ3n) is 4.31. The number of thiophene rings is 1. The SMILES string of the molecule is CCCNC(=O)CN1C(=O)[C@H](CC)Oc2ccc(C(=O)c3cccs3)cc21. The molecule has 6 nitrogen and oxygen atoms in total. The number of carbonyl (C=O) groups excluding carboxylic acids is 3. The van der Waals surface area contributed by atoms with E-state index in [9.17, 15) is 14.4 Å². The van der Waals surface area contributed by atoms with Crippen LogP contribution in [0.25, 0.3) is 0 Å². The van der Waals surface area contributed by atoms with E-state index in [0.717, 1.165) is 6.42 Å². The third-order valence-corrected chi connectivity index (χ3v) is 5.18. The molecule has 1 aromatic carbocycles. The second kappa shape index (κ2) is 8.35.